The van der Waals surface area contributed by atoms with Gasteiger partial charge in [-0.3, -0.25) is 72.1 Å². The second-order valence-electron chi connectivity index (χ2n) is 26.0. The number of nitrogens with two attached hydrogens (primary N) is 4. The Bertz CT molecular complexity index is 3860. The molecule has 107 heavy (non-hydrogen) atoms. The number of nitrogens with one attached hydrogen (secondary N) is 11. The van der Waals surface area contributed by atoms with Crippen LogP contribution in [0.15, 0.2) is 77.9 Å². The number of fused-ring (bicyclic) bond motifs is 1. The number of aromatic hydroxyl groups is 1. The van der Waals surface area contributed by atoms with Crippen molar-refractivity contribution in [3.63, 3.8) is 0 Å². The molecular formula is C69H93ClFN17O17S2. The van der Waals surface area contributed by atoms with Gasteiger partial charge in [-0.05, 0) is 85.4 Å². The van der Waals surface area contributed by atoms with E-state index in [0.717, 1.165) is 34.4 Å². The maximum atomic E-state index is 15.9. The van der Waals surface area contributed by atoms with Crippen molar-refractivity contribution in [1.82, 2.24) is 63.1 Å². The van der Waals surface area contributed by atoms with Gasteiger partial charge < -0.3 is 101 Å². The first-order chi connectivity index (χ1) is 50.9. The number of aliphatic imine (C=N–C) groups is 1. The van der Waals surface area contributed by atoms with Crippen LogP contribution in [0.25, 0.3) is 10.9 Å². The number of guanidine groups is 1. The van der Waals surface area contributed by atoms with Crippen LogP contribution in [-0.4, -0.2) is 212 Å². The van der Waals surface area contributed by atoms with Gasteiger partial charge in [0, 0.05) is 99.2 Å². The molecule has 0 bridgehead atoms. The number of primary amides is 1. The van der Waals surface area contributed by atoms with E-state index in [1.165, 1.54) is 67.4 Å². The van der Waals surface area contributed by atoms with Crippen LogP contribution in [-0.2, 0) is 86.4 Å². The highest BCUT2D eigenvalue weighted by Gasteiger charge is 2.38. The number of para-hydroxylation sites is 1. The number of halogens is 2. The molecule has 3 aromatic carbocycles. The van der Waals surface area contributed by atoms with Crippen molar-refractivity contribution < 1.29 is 86.8 Å². The third kappa shape index (κ3) is 27.9. The molecule has 6 rings (SSSR count). The van der Waals surface area contributed by atoms with E-state index in [2.05, 4.69) is 63.1 Å². The highest BCUT2D eigenvalue weighted by atomic mass is 35.5. The van der Waals surface area contributed by atoms with Crippen LogP contribution < -0.4 is 76.1 Å². The molecule has 34 nitrogen and oxygen atoms in total. The molecule has 9 atom stereocenters. The molecule has 0 radical (unpaired) electrons. The van der Waals surface area contributed by atoms with Crippen LogP contribution in [0, 0.1) is 11.7 Å². The molecule has 582 valence electrons. The lowest BCUT2D eigenvalue weighted by Crippen LogP contribution is -2.61. The molecular weight excluding hydrogens is 1460 g/mol. The minimum absolute atomic E-state index is 0.00622. The second kappa shape index (κ2) is 42.8. The zero-order valence-corrected chi connectivity index (χ0v) is 61.4. The quantitative estimate of drug-likeness (QED) is 0.0155. The summed E-state index contributed by atoms with van der Waals surface area (Å²) in [5.74, 6) is -17.7. The van der Waals surface area contributed by atoms with Crippen molar-refractivity contribution in [2.45, 2.75) is 171 Å². The zero-order valence-electron chi connectivity index (χ0n) is 59.0. The Hall–Kier alpha value is -10.3. The fourth-order valence-corrected chi connectivity index (χ4v) is 14.3. The molecule has 1 saturated heterocycles. The van der Waals surface area contributed by atoms with Crippen LogP contribution in [0.2, 0.25) is 5.02 Å². The maximum Gasteiger partial charge on any atom is 0.303 e. The van der Waals surface area contributed by atoms with E-state index in [-0.39, 0.29) is 73.5 Å². The number of carboxylic acids is 2. The van der Waals surface area contributed by atoms with Crippen molar-refractivity contribution in [2.75, 3.05) is 37.7 Å². The van der Waals surface area contributed by atoms with Crippen molar-refractivity contribution in [3.8, 4) is 5.75 Å². The number of amides is 12. The average molecular weight is 1550 g/mol. The normalized spacial score (nSPS) is 21.3. The number of hydrogen-bond donors (Lipinski definition) is 18. The standard InChI is InChI=1S/C69H93ClFN17O17S2/c1-36(2)59-68(105)84-49(30-38-9-7-13-43(70)58(38)71)65(102)81-45(15-8-27-77-69(74)75)61(98)76-28-25-53(90)79-46(20-22-56(93)94)62(99)83-50(31-39-32-78-44-14-6-5-12-42(39)44)66(103)82-47(21-23-57(95)96)63(100)85-51(60(73)97)34-106-107-35-52(67(104)87-59)86-64(101)48(29-37-16-18-41(89)19-17-37)80-54(91)33-88(55(92)24-26-72)40-10-3-4-11-40/h5-7,9,12-14,16-19,32,36,40,45-52,59,78,89H,3-4,8,10-11,15,20-31,33-35,72H2,1-2H3,(H2,73,97)(H,76,98)(H,79,90)(H,80,91)(H,81,102)(H,82,103)(H,83,99)(H,84,105)(H,85,100)(H,86,101)(H,87,104)(H,93,94)(H,95,96)(H4,74,75,77)/t45-,46-,47-,48-,49-,50-,51-,52-,59-/m0/s1. The van der Waals surface area contributed by atoms with Gasteiger partial charge >= 0.3 is 11.9 Å². The molecule has 2 aliphatic rings. The number of carbonyl (C=O) groups excluding carboxylic acids is 12. The Morgan fingerprint density at radius 3 is 1.90 bits per heavy atom. The number of benzene rings is 3. The largest absolute Gasteiger partial charge is 0.508 e. The number of phenolic OH excluding ortho intramolecular Hbond substituents is 1. The molecule has 38 heteroatoms. The number of aliphatic carboxylic acids is 2. The van der Waals surface area contributed by atoms with Crippen molar-refractivity contribution in [3.05, 3.63) is 100 Å². The highest BCUT2D eigenvalue weighted by molar-refractivity contribution is 8.76. The van der Waals surface area contributed by atoms with Crippen molar-refractivity contribution >= 4 is 133 Å². The summed E-state index contributed by atoms with van der Waals surface area (Å²) in [6, 6.07) is 1.09. The molecule has 1 saturated carbocycles. The van der Waals surface area contributed by atoms with E-state index >= 15 is 9.18 Å². The number of aromatic amines is 1. The highest BCUT2D eigenvalue weighted by Crippen LogP contribution is 2.27. The molecule has 1 aliphatic heterocycles. The summed E-state index contributed by atoms with van der Waals surface area (Å²) in [7, 11) is 1.63. The predicted octanol–water partition coefficient (Wildman–Crippen LogP) is -0.997. The van der Waals surface area contributed by atoms with Gasteiger partial charge in [-0.25, -0.2) is 4.39 Å². The van der Waals surface area contributed by atoms with Gasteiger partial charge in [-0.2, -0.15) is 0 Å². The lowest BCUT2D eigenvalue weighted by atomic mass is 9.99. The van der Waals surface area contributed by atoms with Crippen LogP contribution in [0.1, 0.15) is 108 Å². The number of phenols is 1. The Labute approximate surface area is 628 Å². The van der Waals surface area contributed by atoms with Gasteiger partial charge in [0.25, 0.3) is 0 Å². The van der Waals surface area contributed by atoms with E-state index < -0.39 is 212 Å². The zero-order chi connectivity index (χ0) is 78.4. The molecule has 1 aliphatic carbocycles. The smallest absolute Gasteiger partial charge is 0.303 e. The summed E-state index contributed by atoms with van der Waals surface area (Å²) >= 11 is 6.19. The van der Waals surface area contributed by atoms with Crippen molar-refractivity contribution in [2.24, 2.45) is 33.8 Å². The number of rotatable bonds is 26. The summed E-state index contributed by atoms with van der Waals surface area (Å²) < 4.78 is 15.9. The summed E-state index contributed by atoms with van der Waals surface area (Å²) in [4.78, 5) is 205. The summed E-state index contributed by atoms with van der Waals surface area (Å²) in [6.07, 6.45) is -0.375. The first-order valence-corrected chi connectivity index (χ1v) is 37.5. The fourth-order valence-electron chi connectivity index (χ4n) is 11.8. The second-order valence-corrected chi connectivity index (χ2v) is 29.0. The Morgan fingerprint density at radius 1 is 0.682 bits per heavy atom. The van der Waals surface area contributed by atoms with E-state index in [1.54, 1.807) is 24.3 Å². The van der Waals surface area contributed by atoms with E-state index in [1.807, 2.05) is 0 Å². The minimum Gasteiger partial charge on any atom is -0.508 e. The molecule has 2 fully saturated rings. The van der Waals surface area contributed by atoms with Crippen LogP contribution >= 0.6 is 33.2 Å². The first kappa shape index (κ1) is 85.7. The maximum absolute atomic E-state index is 15.9. The molecule has 22 N–H and O–H groups in total. The number of carbonyl (C=O) groups is 14. The van der Waals surface area contributed by atoms with Gasteiger partial charge in [0.15, 0.2) is 5.96 Å². The lowest BCUT2D eigenvalue weighted by molar-refractivity contribution is -0.139. The Morgan fingerprint density at radius 2 is 1.27 bits per heavy atom. The molecule has 1 aromatic heterocycles. The topological polar surface area (TPSA) is 555 Å². The molecule has 12 amide bonds. The molecule has 2 heterocycles. The fraction of sp³-hybridized carbons (Fsp3) is 0.493. The third-order valence-electron chi connectivity index (χ3n) is 17.5. The third-order valence-corrected chi connectivity index (χ3v) is 20.2. The van der Waals surface area contributed by atoms with Gasteiger partial charge in [0.2, 0.25) is 70.9 Å². The van der Waals surface area contributed by atoms with Gasteiger partial charge in [-0.1, -0.05) is 102 Å². The SMILES string of the molecule is CC(C)[C@@H]1NC(=O)[C@@H](NC(=O)[C@H](Cc2ccc(O)cc2)NC(=O)CN(C(=O)CCN)C2CCCC2)CSSC[C@@H](C(N)=O)NC(=O)[C@H](CCC(=O)O)NC(=O)[C@H](Cc2c[nH]c3ccccc23)NC(=O)[C@H](CCC(=O)O)NC(=O)CCNC(=O)[C@H](CCCN=C(N)N)NC(=O)[C@H](Cc2cccc(Cl)c2F)NC1=O. The predicted molar refractivity (Wildman–Crippen MR) is 394 cm³/mol. The monoisotopic (exact) mass is 1550 g/mol. The number of H-pyrrole nitrogens is 1. The van der Waals surface area contributed by atoms with Crippen LogP contribution in [0.5, 0.6) is 5.75 Å². The van der Waals surface area contributed by atoms with Gasteiger partial charge in [0.1, 0.15) is 65.9 Å². The number of aromatic nitrogens is 1. The van der Waals surface area contributed by atoms with E-state index in [9.17, 15) is 77.6 Å². The summed E-state index contributed by atoms with van der Waals surface area (Å²) in [6.45, 7) is 1.96. The molecule has 4 aromatic rings. The van der Waals surface area contributed by atoms with E-state index in [4.69, 9.17) is 34.5 Å². The van der Waals surface area contributed by atoms with Gasteiger partial charge in [0.05, 0.1) is 11.6 Å². The Balaban J connectivity index is 1.42. The summed E-state index contributed by atoms with van der Waals surface area (Å²) in [5.41, 5.74) is 24.0. The minimum atomic E-state index is -1.79. The van der Waals surface area contributed by atoms with E-state index in [0.29, 0.717) is 34.9 Å². The summed E-state index contributed by atoms with van der Waals surface area (Å²) in [5, 5.41) is 55.5. The molecule has 0 spiro atoms. The van der Waals surface area contributed by atoms with Crippen molar-refractivity contribution in [1.29, 1.82) is 0 Å². The van der Waals surface area contributed by atoms with Crippen LogP contribution in [0.3, 0.4) is 0 Å². The van der Waals surface area contributed by atoms with Crippen LogP contribution in [0.4, 0.5) is 4.39 Å². The lowest BCUT2D eigenvalue weighted by Gasteiger charge is -2.30. The van der Waals surface area contributed by atoms with Gasteiger partial charge in [-0.15, -0.1) is 0 Å². The number of hydrogen-bond acceptors (Lipinski definition) is 19. The molecule has 0 unspecified atom stereocenters. The number of nitrogens with zero attached hydrogens (tertiary/aromatic N) is 2. The Kier molecular flexibility index (Phi) is 34.2. The average Bonchev–Trinajstić information content (AvgIpc) is 1.75. The number of carboxylic acid groups (broad SMARTS) is 2. The first-order valence-electron chi connectivity index (χ1n) is 34.7.